The lowest BCUT2D eigenvalue weighted by Gasteiger charge is -2.28. The number of halogens is 3. The maximum atomic E-state index is 13.8. The summed E-state index contributed by atoms with van der Waals surface area (Å²) in [6.45, 7) is 1.70. The van der Waals surface area contributed by atoms with Crippen LogP contribution in [0.2, 0.25) is 0 Å². The zero-order valence-corrected chi connectivity index (χ0v) is 11.0. The summed E-state index contributed by atoms with van der Waals surface area (Å²) >= 11 is 0. The molecular formula is C16H15F3O. The van der Waals surface area contributed by atoms with Crippen LogP contribution in [0.1, 0.15) is 24.5 Å². The second kappa shape index (κ2) is 5.67. The Bertz CT molecular complexity index is 592. The molecule has 0 spiro atoms. The molecule has 0 aliphatic carbocycles. The molecule has 0 fully saturated rings. The van der Waals surface area contributed by atoms with Crippen molar-refractivity contribution in [1.29, 1.82) is 0 Å². The Morgan fingerprint density at radius 2 is 1.60 bits per heavy atom. The van der Waals surface area contributed by atoms with Crippen molar-refractivity contribution in [1.82, 2.24) is 0 Å². The van der Waals surface area contributed by atoms with Crippen LogP contribution in [0.3, 0.4) is 0 Å². The van der Waals surface area contributed by atoms with Crippen molar-refractivity contribution in [2.24, 2.45) is 0 Å². The molecule has 2 rings (SSSR count). The Morgan fingerprint density at radius 3 is 2.15 bits per heavy atom. The fourth-order valence-corrected chi connectivity index (χ4v) is 2.30. The quantitative estimate of drug-likeness (QED) is 0.899. The molecule has 106 valence electrons. The first-order chi connectivity index (χ1) is 9.44. The van der Waals surface area contributed by atoms with E-state index in [9.17, 15) is 18.3 Å². The Morgan fingerprint density at radius 1 is 1.00 bits per heavy atom. The Hall–Kier alpha value is -1.81. The Kier molecular flexibility index (Phi) is 4.14. The van der Waals surface area contributed by atoms with Gasteiger partial charge in [-0.1, -0.05) is 25.1 Å². The molecule has 1 atom stereocenters. The highest BCUT2D eigenvalue weighted by atomic mass is 19.1. The van der Waals surface area contributed by atoms with E-state index in [2.05, 4.69) is 0 Å². The zero-order chi connectivity index (χ0) is 14.8. The molecule has 1 nitrogen and oxygen atoms in total. The van der Waals surface area contributed by atoms with Crippen LogP contribution in [-0.4, -0.2) is 5.11 Å². The van der Waals surface area contributed by atoms with Crippen molar-refractivity contribution < 1.29 is 18.3 Å². The Balaban J connectivity index is 2.39. The number of benzene rings is 2. The predicted molar refractivity (Wildman–Crippen MR) is 70.6 cm³/mol. The fourth-order valence-electron chi connectivity index (χ4n) is 2.30. The highest BCUT2D eigenvalue weighted by Crippen LogP contribution is 2.31. The van der Waals surface area contributed by atoms with E-state index in [1.165, 1.54) is 18.2 Å². The van der Waals surface area contributed by atoms with E-state index < -0.39 is 23.1 Å². The van der Waals surface area contributed by atoms with Crippen LogP contribution in [0.4, 0.5) is 13.2 Å². The topological polar surface area (TPSA) is 20.2 Å². The minimum atomic E-state index is -1.49. The van der Waals surface area contributed by atoms with E-state index >= 15 is 0 Å². The molecule has 0 amide bonds. The van der Waals surface area contributed by atoms with Gasteiger partial charge in [-0.15, -0.1) is 0 Å². The van der Waals surface area contributed by atoms with Gasteiger partial charge in [0.15, 0.2) is 0 Å². The van der Waals surface area contributed by atoms with Crippen molar-refractivity contribution >= 4 is 0 Å². The lowest BCUT2D eigenvalue weighted by molar-refractivity contribution is 0.0290. The summed E-state index contributed by atoms with van der Waals surface area (Å²) in [5.74, 6) is -1.97. The van der Waals surface area contributed by atoms with E-state index in [-0.39, 0.29) is 24.0 Å². The summed E-state index contributed by atoms with van der Waals surface area (Å²) in [6, 6.07) is 8.92. The van der Waals surface area contributed by atoms with E-state index in [1.54, 1.807) is 13.0 Å². The summed E-state index contributed by atoms with van der Waals surface area (Å²) in [7, 11) is 0. The molecule has 0 aliphatic rings. The monoisotopic (exact) mass is 280 g/mol. The minimum Gasteiger partial charge on any atom is -0.385 e. The predicted octanol–water partition coefficient (Wildman–Crippen LogP) is 3.94. The van der Waals surface area contributed by atoms with E-state index in [4.69, 9.17) is 0 Å². The van der Waals surface area contributed by atoms with Gasteiger partial charge in [-0.2, -0.15) is 0 Å². The van der Waals surface area contributed by atoms with Gasteiger partial charge < -0.3 is 5.11 Å². The highest BCUT2D eigenvalue weighted by molar-refractivity contribution is 5.28. The molecule has 0 saturated carbocycles. The van der Waals surface area contributed by atoms with Gasteiger partial charge in [0.25, 0.3) is 0 Å². The minimum absolute atomic E-state index is 0.0564. The maximum absolute atomic E-state index is 13.8. The third-order valence-corrected chi connectivity index (χ3v) is 3.38. The van der Waals surface area contributed by atoms with Crippen LogP contribution in [0.15, 0.2) is 42.5 Å². The maximum Gasteiger partial charge on any atom is 0.129 e. The highest BCUT2D eigenvalue weighted by Gasteiger charge is 2.30. The summed E-state index contributed by atoms with van der Waals surface area (Å²) in [5.41, 5.74) is -1.08. The van der Waals surface area contributed by atoms with Gasteiger partial charge in [-0.25, -0.2) is 13.2 Å². The van der Waals surface area contributed by atoms with Gasteiger partial charge in [-0.3, -0.25) is 0 Å². The molecule has 0 heterocycles. The lowest BCUT2D eigenvalue weighted by atomic mass is 9.84. The average molecular weight is 280 g/mol. The molecule has 2 aromatic carbocycles. The molecule has 0 aromatic heterocycles. The van der Waals surface area contributed by atoms with Crippen LogP contribution < -0.4 is 0 Å². The van der Waals surface area contributed by atoms with Gasteiger partial charge in [0.1, 0.15) is 17.5 Å². The van der Waals surface area contributed by atoms with Crippen molar-refractivity contribution in [2.45, 2.75) is 25.4 Å². The first-order valence-electron chi connectivity index (χ1n) is 6.37. The molecular weight excluding hydrogens is 265 g/mol. The standard InChI is InChI=1S/C16H15F3O/c1-2-16(20,14-5-3-4-6-15(14)19)10-11-7-12(17)9-13(18)8-11/h3-9,20H,2,10H2,1H3. The average Bonchev–Trinajstić information content (AvgIpc) is 2.37. The van der Waals surface area contributed by atoms with Crippen LogP contribution in [0.5, 0.6) is 0 Å². The van der Waals surface area contributed by atoms with Crippen LogP contribution in [0.25, 0.3) is 0 Å². The summed E-state index contributed by atoms with van der Waals surface area (Å²) in [6.07, 6.45) is 0.172. The summed E-state index contributed by atoms with van der Waals surface area (Å²) < 4.78 is 40.2. The number of rotatable bonds is 4. The molecule has 0 bridgehead atoms. The van der Waals surface area contributed by atoms with Crippen LogP contribution in [0, 0.1) is 17.5 Å². The number of hydrogen-bond donors (Lipinski definition) is 1. The largest absolute Gasteiger partial charge is 0.385 e. The fraction of sp³-hybridized carbons (Fsp3) is 0.250. The molecule has 2 aromatic rings. The first kappa shape index (κ1) is 14.6. The zero-order valence-electron chi connectivity index (χ0n) is 11.0. The van der Waals surface area contributed by atoms with Crippen molar-refractivity contribution in [3.63, 3.8) is 0 Å². The SMILES string of the molecule is CCC(O)(Cc1cc(F)cc(F)c1)c1ccccc1F. The molecule has 1 N–H and O–H groups in total. The first-order valence-corrected chi connectivity index (χ1v) is 6.37. The van der Waals surface area contributed by atoms with Gasteiger partial charge in [-0.05, 0) is 30.2 Å². The molecule has 20 heavy (non-hydrogen) atoms. The van der Waals surface area contributed by atoms with E-state index in [0.717, 1.165) is 18.2 Å². The van der Waals surface area contributed by atoms with Crippen molar-refractivity contribution in [3.05, 3.63) is 71.0 Å². The van der Waals surface area contributed by atoms with Gasteiger partial charge in [0.05, 0.1) is 5.60 Å². The van der Waals surface area contributed by atoms with Gasteiger partial charge in [0, 0.05) is 18.1 Å². The summed E-state index contributed by atoms with van der Waals surface area (Å²) in [4.78, 5) is 0. The second-order valence-corrected chi connectivity index (χ2v) is 4.82. The lowest BCUT2D eigenvalue weighted by Crippen LogP contribution is -2.29. The van der Waals surface area contributed by atoms with Crippen LogP contribution in [-0.2, 0) is 12.0 Å². The number of hydrogen-bond acceptors (Lipinski definition) is 1. The van der Waals surface area contributed by atoms with Gasteiger partial charge >= 0.3 is 0 Å². The molecule has 0 saturated heterocycles. The molecule has 1 unspecified atom stereocenters. The van der Waals surface area contributed by atoms with Gasteiger partial charge in [0.2, 0.25) is 0 Å². The van der Waals surface area contributed by atoms with Crippen molar-refractivity contribution in [3.8, 4) is 0 Å². The smallest absolute Gasteiger partial charge is 0.129 e. The normalized spacial score (nSPS) is 14.1. The van der Waals surface area contributed by atoms with Crippen molar-refractivity contribution in [2.75, 3.05) is 0 Å². The third kappa shape index (κ3) is 3.02. The molecule has 0 radical (unpaired) electrons. The second-order valence-electron chi connectivity index (χ2n) is 4.82. The van der Waals surface area contributed by atoms with E-state index in [0.29, 0.717) is 0 Å². The Labute approximate surface area is 115 Å². The summed E-state index contributed by atoms with van der Waals surface area (Å²) in [5, 5.41) is 10.6. The molecule has 4 heteroatoms. The number of aliphatic hydroxyl groups is 1. The third-order valence-electron chi connectivity index (χ3n) is 3.38. The van der Waals surface area contributed by atoms with E-state index in [1.807, 2.05) is 0 Å². The molecule has 0 aliphatic heterocycles. The van der Waals surface area contributed by atoms with Crippen LogP contribution >= 0.6 is 0 Å².